The SMILES string of the molecule is COc1ccc(N(c2ccc(OC)cc2)c2ccc(-c3cccc4c3Sc3c(-c5ccc(N(c6ccc(OC)cc6)c6ccc(OC)cc6)cc5)cccc3N4CCC(C)S(=O)(=O)O)cc2)cc1. The molecule has 0 saturated carbocycles. The molecule has 344 valence electrons. The minimum Gasteiger partial charge on any atom is -0.497 e. The molecule has 9 rings (SSSR count). The van der Waals surface area contributed by atoms with Crippen molar-refractivity contribution >= 4 is 67.4 Å². The molecule has 0 aromatic heterocycles. The summed E-state index contributed by atoms with van der Waals surface area (Å²) < 4.78 is 56.5. The molecule has 0 fully saturated rings. The summed E-state index contributed by atoms with van der Waals surface area (Å²) in [5, 5.41) is -0.950. The Morgan fingerprint density at radius 1 is 0.471 bits per heavy atom. The summed E-state index contributed by atoms with van der Waals surface area (Å²) in [6, 6.07) is 61.6. The zero-order valence-electron chi connectivity index (χ0n) is 38.4. The molecule has 0 aliphatic carbocycles. The Labute approximate surface area is 402 Å². The van der Waals surface area contributed by atoms with Gasteiger partial charge < -0.3 is 33.6 Å². The standard InChI is InChI=1S/C56H51N3O7S2/c1-38(68(60,61)62)36-37-57-53-10-6-8-51(39-12-16-41(17-13-39)58(43-20-28-47(63-2)29-21-43)44-22-30-48(64-3)31-23-44)55(53)67-56-52(9-7-11-54(56)57)40-14-18-42(19-15-40)59(45-24-32-49(65-4)33-25-45)46-26-34-50(66-5)35-27-46/h6-35,38H,36-37H2,1-5H3,(H,60,61,62). The molecule has 0 saturated heterocycles. The van der Waals surface area contributed by atoms with Gasteiger partial charge in [-0.2, -0.15) is 8.42 Å². The van der Waals surface area contributed by atoms with Crippen LogP contribution >= 0.6 is 11.8 Å². The van der Waals surface area contributed by atoms with Crippen LogP contribution in [-0.4, -0.2) is 53.2 Å². The fourth-order valence-corrected chi connectivity index (χ4v) is 10.2. The van der Waals surface area contributed by atoms with E-state index in [9.17, 15) is 13.0 Å². The molecule has 10 nitrogen and oxygen atoms in total. The molecule has 1 atom stereocenters. The van der Waals surface area contributed by atoms with Crippen LogP contribution in [0.25, 0.3) is 22.3 Å². The predicted molar refractivity (Wildman–Crippen MR) is 276 cm³/mol. The summed E-state index contributed by atoms with van der Waals surface area (Å²) in [6.07, 6.45) is 0.222. The zero-order chi connectivity index (χ0) is 47.4. The van der Waals surface area contributed by atoms with Crippen molar-refractivity contribution in [3.63, 3.8) is 0 Å². The van der Waals surface area contributed by atoms with E-state index in [1.54, 1.807) is 47.1 Å². The van der Waals surface area contributed by atoms with Crippen LogP contribution in [0.4, 0.5) is 45.5 Å². The van der Waals surface area contributed by atoms with Gasteiger partial charge in [0.15, 0.2) is 0 Å². The molecule has 1 unspecified atom stereocenters. The molecule has 0 amide bonds. The Balaban J connectivity index is 1.10. The lowest BCUT2D eigenvalue weighted by atomic mass is 10.0. The number of hydrogen-bond acceptors (Lipinski definition) is 10. The molecule has 1 N–H and O–H groups in total. The van der Waals surface area contributed by atoms with Gasteiger partial charge in [-0.3, -0.25) is 4.55 Å². The Bertz CT molecular complexity index is 2830. The van der Waals surface area contributed by atoms with Gasteiger partial charge in [-0.25, -0.2) is 0 Å². The maximum absolute atomic E-state index is 12.3. The van der Waals surface area contributed by atoms with E-state index in [4.69, 9.17) is 18.9 Å². The van der Waals surface area contributed by atoms with E-state index in [0.29, 0.717) is 6.54 Å². The van der Waals surface area contributed by atoms with Gasteiger partial charge in [0, 0.05) is 50.5 Å². The highest BCUT2D eigenvalue weighted by atomic mass is 32.2. The van der Waals surface area contributed by atoms with Gasteiger partial charge in [-0.1, -0.05) is 60.3 Å². The third kappa shape index (κ3) is 9.44. The number of ether oxygens (including phenoxy) is 4. The number of anilines is 8. The molecule has 12 heteroatoms. The average Bonchev–Trinajstić information content (AvgIpc) is 3.38. The third-order valence-corrected chi connectivity index (χ3v) is 14.8. The fourth-order valence-electron chi connectivity index (χ4n) is 8.48. The number of nitrogens with zero attached hydrogens (tertiary/aromatic N) is 3. The van der Waals surface area contributed by atoms with Crippen LogP contribution in [0.3, 0.4) is 0 Å². The van der Waals surface area contributed by atoms with Gasteiger partial charge in [0.25, 0.3) is 10.1 Å². The molecule has 0 spiro atoms. The van der Waals surface area contributed by atoms with Crippen molar-refractivity contribution in [3.8, 4) is 45.3 Å². The molecule has 0 bridgehead atoms. The highest BCUT2D eigenvalue weighted by molar-refractivity contribution is 8.00. The van der Waals surface area contributed by atoms with Crippen molar-refractivity contribution < 1.29 is 31.9 Å². The van der Waals surface area contributed by atoms with Gasteiger partial charge in [0.1, 0.15) is 23.0 Å². The van der Waals surface area contributed by atoms with Crippen LogP contribution in [0.1, 0.15) is 13.3 Å². The van der Waals surface area contributed by atoms with Gasteiger partial charge in [0.2, 0.25) is 0 Å². The molecular formula is C56H51N3O7S2. The lowest BCUT2D eigenvalue weighted by molar-refractivity contribution is 0.414. The molecule has 1 aliphatic heterocycles. The molecule has 8 aromatic carbocycles. The summed E-state index contributed by atoms with van der Waals surface area (Å²) in [4.78, 5) is 8.67. The second-order valence-corrected chi connectivity index (χ2v) is 19.1. The number of fused-ring (bicyclic) bond motifs is 2. The van der Waals surface area contributed by atoms with Crippen LogP contribution in [0.2, 0.25) is 0 Å². The average molecular weight is 942 g/mol. The van der Waals surface area contributed by atoms with Gasteiger partial charge >= 0.3 is 0 Å². The van der Waals surface area contributed by atoms with Crippen molar-refractivity contribution in [2.45, 2.75) is 28.4 Å². The summed E-state index contributed by atoms with van der Waals surface area (Å²) in [6.45, 7) is 1.91. The monoisotopic (exact) mass is 941 g/mol. The van der Waals surface area contributed by atoms with Gasteiger partial charge in [-0.15, -0.1) is 0 Å². The summed E-state index contributed by atoms with van der Waals surface area (Å²) in [7, 11) is 2.40. The zero-order valence-corrected chi connectivity index (χ0v) is 40.0. The van der Waals surface area contributed by atoms with E-state index in [-0.39, 0.29) is 6.42 Å². The van der Waals surface area contributed by atoms with Crippen molar-refractivity contribution in [2.75, 3.05) is 49.7 Å². The Hall–Kier alpha value is -7.38. The Morgan fingerprint density at radius 2 is 0.765 bits per heavy atom. The normalized spacial score (nSPS) is 12.4. The number of methoxy groups -OCH3 is 4. The first kappa shape index (κ1) is 45.8. The highest BCUT2D eigenvalue weighted by Gasteiger charge is 2.30. The topological polar surface area (TPSA) is 101 Å². The summed E-state index contributed by atoms with van der Waals surface area (Å²) >= 11 is 1.71. The van der Waals surface area contributed by atoms with Crippen LogP contribution < -0.4 is 33.6 Å². The van der Waals surface area contributed by atoms with E-state index < -0.39 is 15.4 Å². The van der Waals surface area contributed by atoms with E-state index >= 15 is 0 Å². The van der Waals surface area contributed by atoms with Crippen LogP contribution in [0.5, 0.6) is 23.0 Å². The maximum atomic E-state index is 12.3. The minimum absolute atomic E-state index is 0.222. The highest BCUT2D eigenvalue weighted by Crippen LogP contribution is 2.55. The smallest absolute Gasteiger partial charge is 0.267 e. The van der Waals surface area contributed by atoms with E-state index in [1.165, 1.54) is 0 Å². The first-order valence-corrected chi connectivity index (χ1v) is 24.4. The number of benzene rings is 8. The molecule has 1 aliphatic rings. The second kappa shape index (κ2) is 19.8. The quantitative estimate of drug-likeness (QED) is 0.0937. The second-order valence-electron chi connectivity index (χ2n) is 16.2. The maximum Gasteiger partial charge on any atom is 0.267 e. The lowest BCUT2D eigenvalue weighted by Gasteiger charge is -2.35. The van der Waals surface area contributed by atoms with E-state index in [0.717, 1.165) is 101 Å². The lowest BCUT2D eigenvalue weighted by Crippen LogP contribution is -2.27. The van der Waals surface area contributed by atoms with Crippen LogP contribution in [-0.2, 0) is 10.1 Å². The van der Waals surface area contributed by atoms with E-state index in [2.05, 4.69) is 87.5 Å². The van der Waals surface area contributed by atoms with Crippen molar-refractivity contribution in [1.82, 2.24) is 0 Å². The Morgan fingerprint density at radius 3 is 1.04 bits per heavy atom. The van der Waals surface area contributed by atoms with Crippen molar-refractivity contribution in [3.05, 3.63) is 182 Å². The molecule has 8 aromatic rings. The molecule has 1 heterocycles. The fraction of sp³-hybridized carbons (Fsp3) is 0.143. The molecule has 0 radical (unpaired) electrons. The van der Waals surface area contributed by atoms with Gasteiger partial charge in [-0.05, 0) is 169 Å². The minimum atomic E-state index is -4.24. The van der Waals surface area contributed by atoms with E-state index in [1.807, 2.05) is 109 Å². The largest absolute Gasteiger partial charge is 0.497 e. The molecular weight excluding hydrogens is 891 g/mol. The Kier molecular flexibility index (Phi) is 13.4. The third-order valence-electron chi connectivity index (χ3n) is 12.2. The van der Waals surface area contributed by atoms with Gasteiger partial charge in [0.05, 0.1) is 45.1 Å². The van der Waals surface area contributed by atoms with Crippen molar-refractivity contribution in [2.24, 2.45) is 0 Å². The molecule has 68 heavy (non-hydrogen) atoms. The summed E-state index contributed by atoms with van der Waals surface area (Å²) in [5.74, 6) is 3.09. The first-order valence-electron chi connectivity index (χ1n) is 22.1. The van der Waals surface area contributed by atoms with Crippen LogP contribution in [0.15, 0.2) is 192 Å². The van der Waals surface area contributed by atoms with Crippen molar-refractivity contribution in [1.29, 1.82) is 0 Å². The predicted octanol–water partition coefficient (Wildman–Crippen LogP) is 14.3. The first-order chi connectivity index (χ1) is 33.1. The summed E-state index contributed by atoms with van der Waals surface area (Å²) in [5.41, 5.74) is 11.9. The van der Waals surface area contributed by atoms with Crippen LogP contribution in [0, 0.1) is 0 Å². The number of hydrogen-bond donors (Lipinski definition) is 1. The number of rotatable bonds is 16.